The average Bonchev–Trinajstić information content (AvgIpc) is 3.55. The van der Waals surface area contributed by atoms with Crippen LogP contribution in [0.5, 0.6) is 0 Å². The number of benzene rings is 3. The Morgan fingerprint density at radius 1 is 1.05 bits per heavy atom. The number of nitrogens with one attached hydrogen (secondary N) is 1. The summed E-state index contributed by atoms with van der Waals surface area (Å²) in [6, 6.07) is 20.6. The Bertz CT molecular complexity index is 1740. The van der Waals surface area contributed by atoms with Gasteiger partial charge in [-0.3, -0.25) is 9.59 Å². The smallest absolute Gasteiger partial charge is 0.233 e. The number of amides is 2. The third-order valence-electron chi connectivity index (χ3n) is 7.87. The lowest BCUT2D eigenvalue weighted by molar-refractivity contribution is -0.124. The number of aromatic nitrogens is 4. The molecule has 7 rings (SSSR count). The quantitative estimate of drug-likeness (QED) is 0.315. The van der Waals surface area contributed by atoms with Crippen LogP contribution in [0.25, 0.3) is 16.6 Å². The van der Waals surface area contributed by atoms with E-state index in [1.165, 1.54) is 12.1 Å². The summed E-state index contributed by atoms with van der Waals surface area (Å²) in [5.74, 6) is -0.272. The number of rotatable bonds is 7. The van der Waals surface area contributed by atoms with Gasteiger partial charge in [-0.15, -0.1) is 0 Å². The highest BCUT2D eigenvalue weighted by atomic mass is 19.1. The molecule has 3 aromatic carbocycles. The van der Waals surface area contributed by atoms with Gasteiger partial charge in [0.15, 0.2) is 5.82 Å². The summed E-state index contributed by atoms with van der Waals surface area (Å²) in [4.78, 5) is 33.5. The molecule has 1 saturated heterocycles. The molecule has 1 saturated carbocycles. The molecule has 2 fully saturated rings. The molecule has 41 heavy (non-hydrogen) atoms. The highest BCUT2D eigenvalue weighted by Crippen LogP contribution is 2.43. The van der Waals surface area contributed by atoms with Crippen molar-refractivity contribution in [3.8, 4) is 5.69 Å². The molecule has 3 atom stereocenters. The van der Waals surface area contributed by atoms with E-state index in [2.05, 4.69) is 20.6 Å². The summed E-state index contributed by atoms with van der Waals surface area (Å²) < 4.78 is 20.6. The summed E-state index contributed by atoms with van der Waals surface area (Å²) >= 11 is 0. The van der Waals surface area contributed by atoms with Gasteiger partial charge < -0.3 is 14.7 Å². The minimum atomic E-state index is -0.611. The molecule has 0 radical (unpaired) electrons. The largest absolute Gasteiger partial charge is 0.350 e. The van der Waals surface area contributed by atoms with Crippen molar-refractivity contribution in [2.24, 2.45) is 11.8 Å². The van der Waals surface area contributed by atoms with Gasteiger partial charge in [-0.25, -0.2) is 9.07 Å². The lowest BCUT2D eigenvalue weighted by Gasteiger charge is -2.29. The van der Waals surface area contributed by atoms with Crippen LogP contribution in [0.1, 0.15) is 36.2 Å². The van der Waals surface area contributed by atoms with E-state index in [-0.39, 0.29) is 30.0 Å². The van der Waals surface area contributed by atoms with Crippen molar-refractivity contribution in [1.29, 1.82) is 0 Å². The lowest BCUT2D eigenvalue weighted by Crippen LogP contribution is -2.43. The Labute approximate surface area is 235 Å². The van der Waals surface area contributed by atoms with E-state index in [9.17, 15) is 14.0 Å². The number of carbonyl (C=O) groups excluding carboxylic acids is 2. The molecule has 1 aliphatic carbocycles. The number of halogens is 1. The van der Waals surface area contributed by atoms with E-state index >= 15 is 0 Å². The Kier molecular flexibility index (Phi) is 6.10. The number of fused-ring (bicyclic) bond motifs is 1. The van der Waals surface area contributed by atoms with Gasteiger partial charge in [0.2, 0.25) is 17.7 Å². The number of carbonyl (C=O) groups is 2. The summed E-state index contributed by atoms with van der Waals surface area (Å²) in [6.45, 7) is 1.73. The molecule has 9 nitrogen and oxygen atoms in total. The average molecular weight is 551 g/mol. The van der Waals surface area contributed by atoms with Crippen molar-refractivity contribution in [2.45, 2.75) is 38.3 Å². The van der Waals surface area contributed by atoms with Gasteiger partial charge in [0.05, 0.1) is 35.4 Å². The Morgan fingerprint density at radius 2 is 1.80 bits per heavy atom. The van der Waals surface area contributed by atoms with Crippen molar-refractivity contribution < 1.29 is 18.5 Å². The zero-order valence-corrected chi connectivity index (χ0v) is 22.3. The maximum atomic E-state index is 14.3. The second kappa shape index (κ2) is 9.96. The Hall–Kier alpha value is -4.86. The molecule has 1 N–H and O–H groups in total. The zero-order chi connectivity index (χ0) is 28.1. The fourth-order valence-corrected chi connectivity index (χ4v) is 5.74. The lowest BCUT2D eigenvalue weighted by atomic mass is 9.91. The van der Waals surface area contributed by atoms with E-state index in [0.29, 0.717) is 17.4 Å². The maximum absolute atomic E-state index is 14.3. The summed E-state index contributed by atoms with van der Waals surface area (Å²) in [5.41, 5.74) is 3.14. The maximum Gasteiger partial charge on any atom is 0.233 e. The number of anilines is 1. The first-order chi connectivity index (χ1) is 20.0. The molecular formula is C31H27FN6O3. The van der Waals surface area contributed by atoms with Gasteiger partial charge in [-0.05, 0) is 67.8 Å². The summed E-state index contributed by atoms with van der Waals surface area (Å²) in [5, 5.41) is 12.5. The molecule has 0 bridgehead atoms. The summed E-state index contributed by atoms with van der Waals surface area (Å²) in [7, 11) is 0. The van der Waals surface area contributed by atoms with E-state index in [1.807, 2.05) is 48.5 Å². The Balaban J connectivity index is 1.31. The van der Waals surface area contributed by atoms with E-state index in [0.717, 1.165) is 35.0 Å². The molecule has 0 spiro atoms. The molecule has 206 valence electrons. The molecule has 2 amide bonds. The van der Waals surface area contributed by atoms with Crippen LogP contribution in [0.15, 0.2) is 83.5 Å². The van der Waals surface area contributed by atoms with Gasteiger partial charge in [0.1, 0.15) is 5.82 Å². The number of nitrogens with zero attached hydrogens (tertiary/aromatic N) is 5. The summed E-state index contributed by atoms with van der Waals surface area (Å²) in [6.07, 6.45) is 3.65. The molecule has 5 aromatic rings. The molecule has 1 aliphatic heterocycles. The first kappa shape index (κ1) is 25.1. The minimum Gasteiger partial charge on any atom is -0.350 e. The first-order valence-corrected chi connectivity index (χ1v) is 13.7. The number of hydrogen-bond acceptors (Lipinski definition) is 6. The van der Waals surface area contributed by atoms with Gasteiger partial charge in [0, 0.05) is 23.4 Å². The molecule has 2 aliphatic rings. The third kappa shape index (κ3) is 4.65. The topological polar surface area (TPSA) is 106 Å². The molecule has 3 heterocycles. The molecule has 10 heteroatoms. The SMILES string of the molecule is Cc1noc(C[C@@H]2C(=O)N(c3ccc4c(cnn4-c4ccc(F)cc4)c3)[C@H](c3ccccc3)[C@H]2NC(=O)C2CC2)n1. The normalized spacial score (nSPS) is 20.6. The number of hydrogen-bond donors (Lipinski definition) is 1. The van der Waals surface area contributed by atoms with Crippen LogP contribution in [0.2, 0.25) is 0 Å². The Morgan fingerprint density at radius 3 is 2.51 bits per heavy atom. The van der Waals surface area contributed by atoms with Crippen molar-refractivity contribution in [2.75, 3.05) is 4.90 Å². The highest BCUT2D eigenvalue weighted by Gasteiger charge is 2.51. The van der Waals surface area contributed by atoms with Crippen molar-refractivity contribution >= 4 is 28.4 Å². The van der Waals surface area contributed by atoms with Crippen LogP contribution in [-0.4, -0.2) is 37.8 Å². The highest BCUT2D eigenvalue weighted by molar-refractivity contribution is 6.01. The van der Waals surface area contributed by atoms with Crippen molar-refractivity contribution in [3.63, 3.8) is 0 Å². The monoisotopic (exact) mass is 550 g/mol. The fraction of sp³-hybridized carbons (Fsp3) is 0.258. The second-order valence-corrected chi connectivity index (χ2v) is 10.7. The van der Waals surface area contributed by atoms with Crippen molar-refractivity contribution in [3.05, 3.63) is 102 Å². The van der Waals surface area contributed by atoms with Gasteiger partial charge >= 0.3 is 0 Å². The van der Waals surface area contributed by atoms with Gasteiger partial charge in [-0.1, -0.05) is 35.5 Å². The van der Waals surface area contributed by atoms with Crippen LogP contribution in [0.3, 0.4) is 0 Å². The number of aryl methyl sites for hydroxylation is 1. The van der Waals surface area contributed by atoms with Crippen molar-refractivity contribution in [1.82, 2.24) is 25.2 Å². The minimum absolute atomic E-state index is 0.0180. The van der Waals surface area contributed by atoms with Crippen LogP contribution in [-0.2, 0) is 16.0 Å². The van der Waals surface area contributed by atoms with Gasteiger partial charge in [0.25, 0.3) is 0 Å². The van der Waals surface area contributed by atoms with Crippen LogP contribution >= 0.6 is 0 Å². The fourth-order valence-electron chi connectivity index (χ4n) is 5.74. The predicted octanol–water partition coefficient (Wildman–Crippen LogP) is 4.70. The first-order valence-electron chi connectivity index (χ1n) is 13.7. The molecule has 0 unspecified atom stereocenters. The third-order valence-corrected chi connectivity index (χ3v) is 7.87. The van der Waals surface area contributed by atoms with Crippen LogP contribution in [0, 0.1) is 24.6 Å². The predicted molar refractivity (Wildman–Crippen MR) is 149 cm³/mol. The van der Waals surface area contributed by atoms with E-state index in [1.54, 1.807) is 34.8 Å². The van der Waals surface area contributed by atoms with Gasteiger partial charge in [-0.2, -0.15) is 10.1 Å². The van der Waals surface area contributed by atoms with Crippen LogP contribution in [0.4, 0.5) is 10.1 Å². The molecular weight excluding hydrogens is 523 g/mol. The molecule has 2 aromatic heterocycles. The van der Waals surface area contributed by atoms with E-state index in [4.69, 9.17) is 4.52 Å². The van der Waals surface area contributed by atoms with E-state index < -0.39 is 18.0 Å². The zero-order valence-electron chi connectivity index (χ0n) is 22.3. The second-order valence-electron chi connectivity index (χ2n) is 10.7. The van der Waals surface area contributed by atoms with Crippen LogP contribution < -0.4 is 10.2 Å². The standard InChI is InChI=1S/C31H27FN6O3/c1-18-34-27(41-36-18)16-25-28(35-30(39)20-7-8-20)29(19-5-3-2-4-6-19)37(31(25)40)24-13-14-26-21(15-24)17-33-38(26)23-11-9-22(32)10-12-23/h2-6,9-15,17,20,25,28-29H,7-8,16H2,1H3,(H,35,39)/t25-,28-,29+/m0/s1.